The van der Waals surface area contributed by atoms with Crippen LogP contribution in [-0.2, 0) is 4.79 Å². The third-order valence-corrected chi connectivity index (χ3v) is 5.98. The molecule has 4 heteroatoms. The molecule has 0 aromatic rings. The molecular weight excluding hydrogens is 276 g/mol. The van der Waals surface area contributed by atoms with Crippen molar-refractivity contribution in [3.63, 3.8) is 0 Å². The van der Waals surface area contributed by atoms with E-state index in [4.69, 9.17) is 0 Å². The molecule has 2 aliphatic carbocycles. The lowest BCUT2D eigenvalue weighted by Crippen LogP contribution is -2.59. The molecule has 0 bridgehead atoms. The second-order valence-corrected chi connectivity index (χ2v) is 7.82. The van der Waals surface area contributed by atoms with Crippen LogP contribution in [0.3, 0.4) is 0 Å². The van der Waals surface area contributed by atoms with Crippen LogP contribution in [0.4, 0.5) is 0 Å². The molecule has 2 N–H and O–H groups in total. The van der Waals surface area contributed by atoms with Crippen molar-refractivity contribution in [1.82, 2.24) is 10.2 Å². The number of amides is 1. The maximum absolute atomic E-state index is 12.6. The summed E-state index contributed by atoms with van der Waals surface area (Å²) in [4.78, 5) is 14.6. The van der Waals surface area contributed by atoms with Crippen LogP contribution in [0.2, 0.25) is 0 Å². The van der Waals surface area contributed by atoms with Crippen molar-refractivity contribution >= 4 is 5.91 Å². The van der Waals surface area contributed by atoms with Crippen LogP contribution < -0.4 is 5.32 Å². The van der Waals surface area contributed by atoms with Crippen molar-refractivity contribution in [1.29, 1.82) is 0 Å². The fourth-order valence-corrected chi connectivity index (χ4v) is 4.26. The summed E-state index contributed by atoms with van der Waals surface area (Å²) >= 11 is 0. The Morgan fingerprint density at radius 2 is 1.77 bits per heavy atom. The first-order chi connectivity index (χ1) is 10.7. The standard InChI is InChI=1S/C18H32N2O2/c21-17-18(22,14-19-12-15-6-2-1-3-7-15)10-5-11-20(17)13-16-8-4-9-16/h15-16,19,22H,1-14H2. The topological polar surface area (TPSA) is 52.6 Å². The lowest BCUT2D eigenvalue weighted by atomic mass is 9.83. The molecule has 0 aromatic carbocycles. The monoisotopic (exact) mass is 308 g/mol. The molecule has 1 heterocycles. The number of hydrogen-bond donors (Lipinski definition) is 2. The third kappa shape index (κ3) is 3.83. The Bertz CT molecular complexity index is 377. The van der Waals surface area contributed by atoms with Gasteiger partial charge in [0, 0.05) is 19.6 Å². The van der Waals surface area contributed by atoms with E-state index in [1.165, 1.54) is 51.4 Å². The number of hydrogen-bond acceptors (Lipinski definition) is 3. The molecule has 22 heavy (non-hydrogen) atoms. The lowest BCUT2D eigenvalue weighted by molar-refractivity contribution is -0.157. The summed E-state index contributed by atoms with van der Waals surface area (Å²) in [6, 6.07) is 0. The summed E-state index contributed by atoms with van der Waals surface area (Å²) < 4.78 is 0. The fraction of sp³-hybridized carbons (Fsp3) is 0.944. The van der Waals surface area contributed by atoms with Crippen molar-refractivity contribution < 1.29 is 9.90 Å². The Labute approximate surface area is 134 Å². The van der Waals surface area contributed by atoms with Gasteiger partial charge in [-0.25, -0.2) is 0 Å². The van der Waals surface area contributed by atoms with Crippen LogP contribution in [0.1, 0.15) is 64.2 Å². The van der Waals surface area contributed by atoms with E-state index in [2.05, 4.69) is 5.32 Å². The molecule has 0 radical (unpaired) electrons. The maximum Gasteiger partial charge on any atom is 0.255 e. The van der Waals surface area contributed by atoms with E-state index >= 15 is 0 Å². The van der Waals surface area contributed by atoms with Gasteiger partial charge >= 0.3 is 0 Å². The van der Waals surface area contributed by atoms with Crippen molar-refractivity contribution in [2.45, 2.75) is 69.8 Å². The first-order valence-corrected chi connectivity index (χ1v) is 9.40. The number of nitrogens with zero attached hydrogens (tertiary/aromatic N) is 1. The zero-order chi connectivity index (χ0) is 15.4. The average Bonchev–Trinajstić information content (AvgIpc) is 2.48. The zero-order valence-electron chi connectivity index (χ0n) is 13.9. The Hall–Kier alpha value is -0.610. The molecule has 1 amide bonds. The number of rotatable bonds is 6. The predicted molar refractivity (Wildman–Crippen MR) is 87.5 cm³/mol. The van der Waals surface area contributed by atoms with Crippen LogP contribution in [-0.4, -0.2) is 47.7 Å². The zero-order valence-corrected chi connectivity index (χ0v) is 13.9. The molecule has 3 aliphatic rings. The van der Waals surface area contributed by atoms with Gasteiger partial charge < -0.3 is 15.3 Å². The number of carbonyl (C=O) groups excluding carboxylic acids is 1. The molecule has 0 spiro atoms. The highest BCUT2D eigenvalue weighted by Gasteiger charge is 2.42. The van der Waals surface area contributed by atoms with E-state index in [0.717, 1.165) is 32.0 Å². The van der Waals surface area contributed by atoms with Crippen molar-refractivity contribution in [3.8, 4) is 0 Å². The minimum absolute atomic E-state index is 0.0261. The maximum atomic E-state index is 12.6. The molecule has 2 saturated carbocycles. The highest BCUT2D eigenvalue weighted by atomic mass is 16.3. The van der Waals surface area contributed by atoms with Gasteiger partial charge in [-0.05, 0) is 56.9 Å². The first-order valence-electron chi connectivity index (χ1n) is 9.40. The Morgan fingerprint density at radius 1 is 1.05 bits per heavy atom. The van der Waals surface area contributed by atoms with E-state index < -0.39 is 5.60 Å². The van der Waals surface area contributed by atoms with Gasteiger partial charge in [0.15, 0.2) is 5.60 Å². The minimum atomic E-state index is -1.16. The van der Waals surface area contributed by atoms with E-state index in [9.17, 15) is 9.90 Å². The summed E-state index contributed by atoms with van der Waals surface area (Å²) in [6.07, 6.45) is 12.0. The van der Waals surface area contributed by atoms with Gasteiger partial charge in [-0.2, -0.15) is 0 Å². The van der Waals surface area contributed by atoms with Crippen LogP contribution in [0, 0.1) is 11.8 Å². The molecule has 0 aromatic heterocycles. The van der Waals surface area contributed by atoms with E-state index in [1.54, 1.807) is 0 Å². The fourth-order valence-electron chi connectivity index (χ4n) is 4.26. The quantitative estimate of drug-likeness (QED) is 0.792. The summed E-state index contributed by atoms with van der Waals surface area (Å²) in [6.45, 7) is 3.09. The smallest absolute Gasteiger partial charge is 0.255 e. The summed E-state index contributed by atoms with van der Waals surface area (Å²) in [5.41, 5.74) is -1.16. The Balaban J connectivity index is 1.46. The lowest BCUT2D eigenvalue weighted by Gasteiger charge is -2.41. The van der Waals surface area contributed by atoms with E-state index in [-0.39, 0.29) is 5.91 Å². The number of aliphatic hydroxyl groups is 1. The molecule has 1 unspecified atom stereocenters. The van der Waals surface area contributed by atoms with Gasteiger partial charge in [-0.3, -0.25) is 4.79 Å². The van der Waals surface area contributed by atoms with Crippen LogP contribution in [0.15, 0.2) is 0 Å². The second-order valence-electron chi connectivity index (χ2n) is 7.82. The Morgan fingerprint density at radius 3 is 2.45 bits per heavy atom. The first kappa shape index (κ1) is 16.3. The second kappa shape index (κ2) is 7.31. The number of carbonyl (C=O) groups is 1. The molecule has 1 atom stereocenters. The van der Waals surface area contributed by atoms with E-state index in [0.29, 0.717) is 18.9 Å². The highest BCUT2D eigenvalue weighted by Crippen LogP contribution is 2.30. The van der Waals surface area contributed by atoms with Crippen molar-refractivity contribution in [3.05, 3.63) is 0 Å². The van der Waals surface area contributed by atoms with Crippen molar-refractivity contribution in [2.24, 2.45) is 11.8 Å². The van der Waals surface area contributed by atoms with Gasteiger partial charge in [-0.1, -0.05) is 25.7 Å². The average molecular weight is 308 g/mol. The van der Waals surface area contributed by atoms with Gasteiger partial charge in [0.2, 0.25) is 0 Å². The highest BCUT2D eigenvalue weighted by molar-refractivity contribution is 5.86. The van der Waals surface area contributed by atoms with Gasteiger partial charge in [0.05, 0.1) is 0 Å². The summed E-state index contributed by atoms with van der Waals surface area (Å²) in [5.74, 6) is 1.39. The Kier molecular flexibility index (Phi) is 5.40. The number of piperidine rings is 1. The molecule has 3 rings (SSSR count). The largest absolute Gasteiger partial charge is 0.379 e. The van der Waals surface area contributed by atoms with Crippen molar-refractivity contribution in [2.75, 3.05) is 26.2 Å². The van der Waals surface area contributed by atoms with E-state index in [1.807, 2.05) is 4.90 Å². The molecule has 1 saturated heterocycles. The van der Waals surface area contributed by atoms with Gasteiger partial charge in [0.25, 0.3) is 5.91 Å². The minimum Gasteiger partial charge on any atom is -0.379 e. The van der Waals surface area contributed by atoms with Crippen LogP contribution in [0.25, 0.3) is 0 Å². The van der Waals surface area contributed by atoms with Gasteiger partial charge in [-0.15, -0.1) is 0 Å². The summed E-state index contributed by atoms with van der Waals surface area (Å²) in [5, 5.41) is 14.2. The molecule has 126 valence electrons. The van der Waals surface area contributed by atoms with Crippen LogP contribution in [0.5, 0.6) is 0 Å². The van der Waals surface area contributed by atoms with Crippen LogP contribution >= 0.6 is 0 Å². The SMILES string of the molecule is O=C1N(CC2CCC2)CCCC1(O)CNCC1CCCCC1. The molecule has 3 fully saturated rings. The molecule has 4 nitrogen and oxygen atoms in total. The number of likely N-dealkylation sites (tertiary alicyclic amines) is 1. The predicted octanol–water partition coefficient (Wildman–Crippen LogP) is 2.31. The summed E-state index contributed by atoms with van der Waals surface area (Å²) in [7, 11) is 0. The third-order valence-electron chi connectivity index (χ3n) is 5.98. The van der Waals surface area contributed by atoms with Gasteiger partial charge in [0.1, 0.15) is 0 Å². The molecule has 1 aliphatic heterocycles. The normalized spacial score (nSPS) is 31.3. The molecular formula is C18H32N2O2. The number of nitrogens with one attached hydrogen (secondary N) is 1.